The van der Waals surface area contributed by atoms with E-state index in [-0.39, 0.29) is 29.4 Å². The smallest absolute Gasteiger partial charge is 0.326 e. The molecule has 1 aliphatic carbocycles. The van der Waals surface area contributed by atoms with Crippen molar-refractivity contribution in [2.75, 3.05) is 19.8 Å². The molecule has 1 aliphatic heterocycles. The van der Waals surface area contributed by atoms with Gasteiger partial charge in [0.05, 0.1) is 18.4 Å². The molecule has 2 aliphatic rings. The van der Waals surface area contributed by atoms with Gasteiger partial charge in [0.1, 0.15) is 12.3 Å². The lowest BCUT2D eigenvalue weighted by molar-refractivity contribution is -0.152. The number of Topliss-reactive ketones (excluding diaryl/α,β-unsaturated/α-hetero) is 1. The number of esters is 1. The van der Waals surface area contributed by atoms with Crippen molar-refractivity contribution in [2.45, 2.75) is 32.6 Å². The highest BCUT2D eigenvalue weighted by atomic mass is 16.5. The lowest BCUT2D eigenvalue weighted by atomic mass is 9.81. The van der Waals surface area contributed by atoms with Gasteiger partial charge >= 0.3 is 5.97 Å². The summed E-state index contributed by atoms with van der Waals surface area (Å²) in [7, 11) is 0. The molecule has 0 aromatic heterocycles. The lowest BCUT2D eigenvalue weighted by Crippen LogP contribution is -2.37. The molecular weight excluding hydrogens is 350 g/mol. The third-order valence-electron chi connectivity index (χ3n) is 5.07. The fourth-order valence-corrected chi connectivity index (χ4v) is 3.69. The van der Waals surface area contributed by atoms with Crippen molar-refractivity contribution < 1.29 is 28.7 Å². The van der Waals surface area contributed by atoms with Crippen LogP contribution < -0.4 is 4.74 Å². The van der Waals surface area contributed by atoms with Crippen LogP contribution in [-0.4, -0.2) is 48.2 Å². The van der Waals surface area contributed by atoms with Gasteiger partial charge in [-0.1, -0.05) is 12.8 Å². The van der Waals surface area contributed by atoms with E-state index in [4.69, 9.17) is 9.47 Å². The Morgan fingerprint density at radius 1 is 1.04 bits per heavy atom. The fraction of sp³-hybridized carbons (Fsp3) is 0.500. The number of ether oxygens (including phenoxy) is 2. The molecule has 0 bridgehead atoms. The molecule has 1 aromatic rings. The number of fused-ring (bicyclic) bond motifs is 1. The maximum Gasteiger partial charge on any atom is 0.326 e. The monoisotopic (exact) mass is 373 g/mol. The van der Waals surface area contributed by atoms with E-state index in [0.29, 0.717) is 30.8 Å². The summed E-state index contributed by atoms with van der Waals surface area (Å²) < 4.78 is 10.3. The molecule has 2 amide bonds. The zero-order valence-corrected chi connectivity index (χ0v) is 15.3. The van der Waals surface area contributed by atoms with Crippen LogP contribution >= 0.6 is 0 Å². The van der Waals surface area contributed by atoms with Crippen molar-refractivity contribution in [3.63, 3.8) is 0 Å². The van der Waals surface area contributed by atoms with Crippen molar-refractivity contribution in [1.82, 2.24) is 4.90 Å². The summed E-state index contributed by atoms with van der Waals surface area (Å²) in [6, 6.07) is 6.53. The van der Waals surface area contributed by atoms with E-state index >= 15 is 0 Å². The van der Waals surface area contributed by atoms with Crippen molar-refractivity contribution in [1.29, 1.82) is 0 Å². The zero-order chi connectivity index (χ0) is 19.4. The maximum atomic E-state index is 12.3. The Kier molecular flexibility index (Phi) is 5.88. The van der Waals surface area contributed by atoms with Gasteiger partial charge in [0, 0.05) is 5.56 Å². The van der Waals surface area contributed by atoms with E-state index in [0.717, 1.165) is 17.7 Å². The molecule has 2 atom stereocenters. The Bertz CT molecular complexity index is 717. The number of benzene rings is 1. The largest absolute Gasteiger partial charge is 0.494 e. The van der Waals surface area contributed by atoms with Gasteiger partial charge in [-0.3, -0.25) is 24.1 Å². The Morgan fingerprint density at radius 2 is 1.63 bits per heavy atom. The molecule has 1 saturated carbocycles. The number of imide groups is 1. The standard InChI is InChI=1S/C20H23NO6/c1-2-26-14-9-7-13(8-10-14)17(22)12-27-18(23)11-21-19(24)15-5-3-4-6-16(15)20(21)25/h7-10,15-16H,2-6,11-12H2,1H3/t15-,16-/m0/s1. The molecule has 0 N–H and O–H groups in total. The summed E-state index contributed by atoms with van der Waals surface area (Å²) in [5.74, 6) is -1.65. The SMILES string of the molecule is CCOc1ccc(C(=O)COC(=O)CN2C(=O)[C@H]3CCCC[C@@H]3C2=O)cc1. The summed E-state index contributed by atoms with van der Waals surface area (Å²) in [4.78, 5) is 49.8. The molecule has 2 fully saturated rings. The molecular formula is C20H23NO6. The molecule has 1 saturated heterocycles. The third kappa shape index (κ3) is 4.18. The van der Waals surface area contributed by atoms with Gasteiger partial charge < -0.3 is 9.47 Å². The molecule has 144 valence electrons. The van der Waals surface area contributed by atoms with Gasteiger partial charge in [-0.15, -0.1) is 0 Å². The van der Waals surface area contributed by atoms with E-state index in [1.54, 1.807) is 24.3 Å². The van der Waals surface area contributed by atoms with Crippen molar-refractivity contribution in [3.8, 4) is 5.75 Å². The van der Waals surface area contributed by atoms with Gasteiger partial charge in [0.2, 0.25) is 11.8 Å². The first-order valence-corrected chi connectivity index (χ1v) is 9.28. The van der Waals surface area contributed by atoms with Crippen LogP contribution in [0.1, 0.15) is 43.0 Å². The Morgan fingerprint density at radius 3 is 2.19 bits per heavy atom. The topological polar surface area (TPSA) is 90.0 Å². The second-order valence-electron chi connectivity index (χ2n) is 6.80. The first kappa shape index (κ1) is 19.1. The molecule has 3 rings (SSSR count). The number of nitrogens with zero attached hydrogens (tertiary/aromatic N) is 1. The highest BCUT2D eigenvalue weighted by Gasteiger charge is 2.48. The number of amides is 2. The zero-order valence-electron chi connectivity index (χ0n) is 15.3. The van der Waals surface area contributed by atoms with Crippen LogP contribution in [-0.2, 0) is 19.1 Å². The van der Waals surface area contributed by atoms with Gasteiger partial charge in [0.25, 0.3) is 0 Å². The number of carbonyl (C=O) groups is 4. The highest BCUT2D eigenvalue weighted by molar-refractivity contribution is 6.07. The van der Waals surface area contributed by atoms with E-state index in [2.05, 4.69) is 0 Å². The van der Waals surface area contributed by atoms with E-state index < -0.39 is 19.1 Å². The van der Waals surface area contributed by atoms with Crippen LogP contribution in [0.15, 0.2) is 24.3 Å². The quantitative estimate of drug-likeness (QED) is 0.412. The number of hydrogen-bond acceptors (Lipinski definition) is 6. The number of hydrogen-bond donors (Lipinski definition) is 0. The Hall–Kier alpha value is -2.70. The van der Waals surface area contributed by atoms with E-state index in [1.807, 2.05) is 6.92 Å². The predicted octanol–water partition coefficient (Wildman–Crippen LogP) is 1.99. The number of ketones is 1. The summed E-state index contributed by atoms with van der Waals surface area (Å²) in [6.07, 6.45) is 3.23. The predicted molar refractivity (Wildman–Crippen MR) is 95.1 cm³/mol. The summed E-state index contributed by atoms with van der Waals surface area (Å²) in [6.45, 7) is 1.53. The van der Waals surface area contributed by atoms with Gasteiger partial charge in [-0.2, -0.15) is 0 Å². The van der Waals surface area contributed by atoms with Crippen LogP contribution in [0.3, 0.4) is 0 Å². The van der Waals surface area contributed by atoms with E-state index in [9.17, 15) is 19.2 Å². The molecule has 27 heavy (non-hydrogen) atoms. The third-order valence-corrected chi connectivity index (χ3v) is 5.07. The van der Waals surface area contributed by atoms with Crippen LogP contribution in [0.2, 0.25) is 0 Å². The Labute approximate surface area is 157 Å². The van der Waals surface area contributed by atoms with Crippen LogP contribution in [0.4, 0.5) is 0 Å². The van der Waals surface area contributed by atoms with Crippen molar-refractivity contribution in [3.05, 3.63) is 29.8 Å². The lowest BCUT2D eigenvalue weighted by Gasteiger charge is -2.19. The summed E-state index contributed by atoms with van der Waals surface area (Å²) in [5, 5.41) is 0. The molecule has 0 spiro atoms. The molecule has 7 nitrogen and oxygen atoms in total. The maximum absolute atomic E-state index is 12.3. The Balaban J connectivity index is 1.51. The number of likely N-dealkylation sites (tertiary alicyclic amines) is 1. The van der Waals surface area contributed by atoms with E-state index in [1.165, 1.54) is 0 Å². The summed E-state index contributed by atoms with van der Waals surface area (Å²) in [5.41, 5.74) is 0.394. The fourth-order valence-electron chi connectivity index (χ4n) is 3.69. The average molecular weight is 373 g/mol. The minimum absolute atomic E-state index is 0.292. The molecule has 0 unspecified atom stereocenters. The highest BCUT2D eigenvalue weighted by Crippen LogP contribution is 2.37. The molecule has 7 heteroatoms. The van der Waals surface area contributed by atoms with Crippen molar-refractivity contribution >= 4 is 23.6 Å². The van der Waals surface area contributed by atoms with Crippen LogP contribution in [0.25, 0.3) is 0 Å². The van der Waals surface area contributed by atoms with Crippen LogP contribution in [0, 0.1) is 11.8 Å². The minimum atomic E-state index is -0.755. The van der Waals surface area contributed by atoms with Gasteiger partial charge in [0.15, 0.2) is 12.4 Å². The summed E-state index contributed by atoms with van der Waals surface area (Å²) >= 11 is 0. The minimum Gasteiger partial charge on any atom is -0.494 e. The molecule has 1 aromatic carbocycles. The van der Waals surface area contributed by atoms with Gasteiger partial charge in [-0.25, -0.2) is 0 Å². The first-order chi connectivity index (χ1) is 13.0. The molecule has 1 heterocycles. The number of carbonyl (C=O) groups excluding carboxylic acids is 4. The molecule has 0 radical (unpaired) electrons. The normalized spacial score (nSPS) is 21.7. The van der Waals surface area contributed by atoms with Crippen molar-refractivity contribution in [2.24, 2.45) is 11.8 Å². The first-order valence-electron chi connectivity index (χ1n) is 9.28. The number of rotatable bonds is 7. The van der Waals surface area contributed by atoms with Crippen LogP contribution in [0.5, 0.6) is 5.75 Å². The average Bonchev–Trinajstić information content (AvgIpc) is 2.92. The second-order valence-corrected chi connectivity index (χ2v) is 6.80. The van der Waals surface area contributed by atoms with Gasteiger partial charge in [-0.05, 0) is 44.0 Å². The second kappa shape index (κ2) is 8.33.